The van der Waals surface area contributed by atoms with Gasteiger partial charge in [0.25, 0.3) is 0 Å². The molecule has 2 N–H and O–H groups in total. The number of aliphatic hydroxyl groups is 2. The number of esters is 1. The second kappa shape index (κ2) is 9.65. The van der Waals surface area contributed by atoms with E-state index in [1.807, 2.05) is 30.3 Å². The van der Waals surface area contributed by atoms with Crippen molar-refractivity contribution in [3.8, 4) is 0 Å². The summed E-state index contributed by atoms with van der Waals surface area (Å²) < 4.78 is 21.4. The molecule has 7 nitrogen and oxygen atoms in total. The van der Waals surface area contributed by atoms with Gasteiger partial charge < -0.3 is 29.2 Å². The number of hydrogen-bond donors (Lipinski definition) is 2. The molecule has 2 rings (SSSR count). The van der Waals surface area contributed by atoms with Crippen molar-refractivity contribution in [1.82, 2.24) is 0 Å². The lowest BCUT2D eigenvalue weighted by Gasteiger charge is -2.41. The first kappa shape index (κ1) is 19.6. The summed E-state index contributed by atoms with van der Waals surface area (Å²) in [4.78, 5) is 11.2. The van der Waals surface area contributed by atoms with Gasteiger partial charge in [-0.3, -0.25) is 4.79 Å². The molecule has 1 aliphatic rings. The van der Waals surface area contributed by atoms with E-state index in [9.17, 15) is 15.0 Å². The monoisotopic (exact) mass is 352 g/mol. The first-order valence-corrected chi connectivity index (χ1v) is 8.06. The van der Waals surface area contributed by atoms with Gasteiger partial charge in [0.2, 0.25) is 0 Å². The van der Waals surface area contributed by atoms with E-state index in [-0.39, 0.29) is 13.2 Å². The van der Waals surface area contributed by atoms with Gasteiger partial charge in [-0.15, -0.1) is 6.58 Å². The molecule has 0 unspecified atom stereocenters. The van der Waals surface area contributed by atoms with Gasteiger partial charge in [0, 0.05) is 6.92 Å². The van der Waals surface area contributed by atoms with E-state index < -0.39 is 36.7 Å². The molecule has 1 aromatic carbocycles. The Balaban J connectivity index is 1.97. The van der Waals surface area contributed by atoms with Crippen LogP contribution in [0.15, 0.2) is 43.0 Å². The molecule has 0 spiro atoms. The van der Waals surface area contributed by atoms with Crippen LogP contribution < -0.4 is 0 Å². The van der Waals surface area contributed by atoms with Crippen molar-refractivity contribution in [3.63, 3.8) is 0 Å². The fourth-order valence-corrected chi connectivity index (χ4v) is 2.60. The zero-order valence-corrected chi connectivity index (χ0v) is 14.1. The third-order valence-corrected chi connectivity index (χ3v) is 3.74. The SMILES string of the molecule is C=CCO[C@H]1[C@H](O)[C@H](COCc2ccccc2)O[C@@H](O)[C@H]1OC(C)=O. The Kier molecular flexibility index (Phi) is 7.54. The predicted molar refractivity (Wildman–Crippen MR) is 88.5 cm³/mol. The van der Waals surface area contributed by atoms with E-state index in [4.69, 9.17) is 18.9 Å². The molecular weight excluding hydrogens is 328 g/mol. The highest BCUT2D eigenvalue weighted by atomic mass is 16.7. The highest BCUT2D eigenvalue weighted by Crippen LogP contribution is 2.25. The van der Waals surface area contributed by atoms with Crippen molar-refractivity contribution >= 4 is 5.97 Å². The van der Waals surface area contributed by atoms with Gasteiger partial charge in [-0.25, -0.2) is 0 Å². The van der Waals surface area contributed by atoms with Gasteiger partial charge in [-0.2, -0.15) is 0 Å². The molecular formula is C18H24O7. The minimum atomic E-state index is -1.42. The summed E-state index contributed by atoms with van der Waals surface area (Å²) in [6.45, 7) is 5.27. The van der Waals surface area contributed by atoms with E-state index in [1.165, 1.54) is 13.0 Å². The van der Waals surface area contributed by atoms with Crippen LogP contribution in [-0.2, 0) is 30.3 Å². The summed E-state index contributed by atoms with van der Waals surface area (Å²) in [7, 11) is 0. The number of benzene rings is 1. The Morgan fingerprint density at radius 1 is 1.28 bits per heavy atom. The quantitative estimate of drug-likeness (QED) is 0.527. The molecule has 1 heterocycles. The Bertz CT molecular complexity index is 548. The fraction of sp³-hybridized carbons (Fsp3) is 0.500. The number of hydrogen-bond acceptors (Lipinski definition) is 7. The molecule has 0 aromatic heterocycles. The Morgan fingerprint density at radius 3 is 2.64 bits per heavy atom. The predicted octanol–water partition coefficient (Wildman–Crippen LogP) is 0.784. The van der Waals surface area contributed by atoms with Gasteiger partial charge in [-0.1, -0.05) is 36.4 Å². The highest BCUT2D eigenvalue weighted by molar-refractivity contribution is 5.66. The number of aliphatic hydroxyl groups excluding tert-OH is 2. The van der Waals surface area contributed by atoms with Crippen LogP contribution in [0.25, 0.3) is 0 Å². The fourth-order valence-electron chi connectivity index (χ4n) is 2.60. The molecule has 1 aliphatic heterocycles. The van der Waals surface area contributed by atoms with Crippen molar-refractivity contribution in [2.24, 2.45) is 0 Å². The van der Waals surface area contributed by atoms with Gasteiger partial charge in [-0.05, 0) is 5.56 Å². The lowest BCUT2D eigenvalue weighted by molar-refractivity contribution is -0.298. The lowest BCUT2D eigenvalue weighted by atomic mass is 9.98. The lowest BCUT2D eigenvalue weighted by Crippen LogP contribution is -2.60. The standard InChI is InChI=1S/C18H24O7/c1-3-9-23-16-15(20)14(25-18(21)17(16)24-12(2)19)11-22-10-13-7-5-4-6-8-13/h3-8,14-18,20-21H,1,9-11H2,2H3/t14-,15+,16-,17-,18+/m0/s1. The van der Waals surface area contributed by atoms with E-state index in [2.05, 4.69) is 6.58 Å². The van der Waals surface area contributed by atoms with Crippen molar-refractivity contribution in [2.75, 3.05) is 13.2 Å². The summed E-state index contributed by atoms with van der Waals surface area (Å²) in [5, 5.41) is 20.6. The zero-order valence-electron chi connectivity index (χ0n) is 14.1. The average Bonchev–Trinajstić information content (AvgIpc) is 2.59. The third-order valence-electron chi connectivity index (χ3n) is 3.74. The van der Waals surface area contributed by atoms with Crippen LogP contribution in [-0.4, -0.2) is 60.1 Å². The molecule has 1 saturated heterocycles. The number of rotatable bonds is 8. The molecule has 0 bridgehead atoms. The van der Waals surface area contributed by atoms with E-state index >= 15 is 0 Å². The van der Waals surface area contributed by atoms with Crippen molar-refractivity contribution in [2.45, 2.75) is 44.2 Å². The Morgan fingerprint density at radius 2 is 2.00 bits per heavy atom. The molecule has 25 heavy (non-hydrogen) atoms. The molecule has 5 atom stereocenters. The highest BCUT2D eigenvalue weighted by Gasteiger charge is 2.47. The van der Waals surface area contributed by atoms with Crippen LogP contribution in [0.2, 0.25) is 0 Å². The van der Waals surface area contributed by atoms with Crippen LogP contribution >= 0.6 is 0 Å². The maximum atomic E-state index is 11.2. The molecule has 0 saturated carbocycles. The minimum absolute atomic E-state index is 0.0495. The van der Waals surface area contributed by atoms with E-state index in [0.29, 0.717) is 6.61 Å². The molecule has 1 aromatic rings. The van der Waals surface area contributed by atoms with Crippen molar-refractivity contribution in [3.05, 3.63) is 48.6 Å². The van der Waals surface area contributed by atoms with E-state index in [1.54, 1.807) is 0 Å². The van der Waals surface area contributed by atoms with E-state index in [0.717, 1.165) is 5.56 Å². The Hall–Kier alpha value is -1.77. The van der Waals surface area contributed by atoms with Crippen LogP contribution in [0, 0.1) is 0 Å². The first-order valence-electron chi connectivity index (χ1n) is 8.06. The molecule has 0 amide bonds. The maximum absolute atomic E-state index is 11.2. The summed E-state index contributed by atoms with van der Waals surface area (Å²) >= 11 is 0. The number of carbonyl (C=O) groups excluding carboxylic acids is 1. The minimum Gasteiger partial charge on any atom is -0.454 e. The summed E-state index contributed by atoms with van der Waals surface area (Å²) in [6.07, 6.45) is -3.95. The number of carbonyl (C=O) groups is 1. The van der Waals surface area contributed by atoms with Gasteiger partial charge >= 0.3 is 5.97 Å². The third kappa shape index (κ3) is 5.62. The topological polar surface area (TPSA) is 94.5 Å². The van der Waals surface area contributed by atoms with Gasteiger partial charge in [0.05, 0.1) is 19.8 Å². The van der Waals surface area contributed by atoms with Gasteiger partial charge in [0.15, 0.2) is 12.4 Å². The molecule has 7 heteroatoms. The smallest absolute Gasteiger partial charge is 0.303 e. The first-order chi connectivity index (χ1) is 12.0. The largest absolute Gasteiger partial charge is 0.454 e. The normalized spacial score (nSPS) is 29.2. The molecule has 138 valence electrons. The van der Waals surface area contributed by atoms with Gasteiger partial charge in [0.1, 0.15) is 18.3 Å². The second-order valence-electron chi connectivity index (χ2n) is 5.72. The maximum Gasteiger partial charge on any atom is 0.303 e. The van der Waals surface area contributed by atoms with Crippen LogP contribution in [0.4, 0.5) is 0 Å². The Labute approximate surface area is 146 Å². The number of ether oxygens (including phenoxy) is 4. The second-order valence-corrected chi connectivity index (χ2v) is 5.72. The zero-order chi connectivity index (χ0) is 18.2. The summed E-state index contributed by atoms with van der Waals surface area (Å²) in [5.74, 6) is -0.606. The van der Waals surface area contributed by atoms with Crippen LogP contribution in [0.5, 0.6) is 0 Å². The van der Waals surface area contributed by atoms with Crippen LogP contribution in [0.3, 0.4) is 0 Å². The molecule has 0 radical (unpaired) electrons. The molecule has 0 aliphatic carbocycles. The summed E-state index contributed by atoms with van der Waals surface area (Å²) in [5.41, 5.74) is 0.977. The average molecular weight is 352 g/mol. The van der Waals surface area contributed by atoms with Crippen LogP contribution in [0.1, 0.15) is 12.5 Å². The van der Waals surface area contributed by atoms with Crippen molar-refractivity contribution < 1.29 is 34.0 Å². The summed E-state index contributed by atoms with van der Waals surface area (Å²) in [6, 6.07) is 9.54. The molecule has 1 fully saturated rings. The van der Waals surface area contributed by atoms with Crippen molar-refractivity contribution in [1.29, 1.82) is 0 Å².